The first kappa shape index (κ1) is 6.88. The van der Waals surface area contributed by atoms with Crippen molar-refractivity contribution in [2.45, 2.75) is 0 Å². The van der Waals surface area contributed by atoms with E-state index >= 15 is 0 Å². The minimum atomic E-state index is -2.84. The van der Waals surface area contributed by atoms with Gasteiger partial charge in [-0.05, 0) is 11.8 Å². The summed E-state index contributed by atoms with van der Waals surface area (Å²) >= 11 is 7.56. The topological polar surface area (TPSA) is 55.5 Å². The van der Waals surface area contributed by atoms with Crippen LogP contribution in [0.5, 0.6) is 0 Å². The van der Waals surface area contributed by atoms with E-state index in [4.69, 9.17) is 4.89 Å². The van der Waals surface area contributed by atoms with Gasteiger partial charge in [0.05, 0.1) is 0 Å². The van der Waals surface area contributed by atoms with E-state index in [1.54, 1.807) is 0 Å². The molecule has 0 aliphatic rings. The first-order valence-electron chi connectivity index (χ1n) is 1.00. The van der Waals surface area contributed by atoms with Gasteiger partial charge in [0, 0.05) is 0 Å². The van der Waals surface area contributed by atoms with E-state index < -0.39 is 5.69 Å². The summed E-state index contributed by atoms with van der Waals surface area (Å²) in [7, 11) is 0. The average Bonchev–Trinajstić information content (AvgIpc) is 1.35. The van der Waals surface area contributed by atoms with Gasteiger partial charge in [0.2, 0.25) is 0 Å². The Bertz CT molecular complexity index is 75.6. The lowest BCUT2D eigenvalue weighted by Gasteiger charge is -1.98. The molecule has 3 nitrogen and oxygen atoms in total. The highest BCUT2D eigenvalue weighted by Crippen LogP contribution is 2.44. The molecule has 0 amide bonds. The smallest absolute Gasteiger partial charge is 0.258 e. The Hall–Kier alpha value is 0.880. The van der Waals surface area contributed by atoms with Crippen LogP contribution in [0.25, 0.3) is 0 Å². The van der Waals surface area contributed by atoms with E-state index in [2.05, 4.69) is 34.6 Å². The first-order chi connectivity index (χ1) is 2.56. The second kappa shape index (κ2) is 2.26. The van der Waals surface area contributed by atoms with Crippen molar-refractivity contribution in [2.75, 3.05) is 0 Å². The zero-order valence-corrected chi connectivity index (χ0v) is 5.34. The van der Waals surface area contributed by atoms with Crippen LogP contribution in [0.4, 0.5) is 0 Å². The summed E-state index contributed by atoms with van der Waals surface area (Å²) in [6.45, 7) is 0. The van der Waals surface area contributed by atoms with Crippen molar-refractivity contribution >= 4 is 29.7 Å². The molecule has 38 valence electrons. The van der Waals surface area contributed by atoms with Gasteiger partial charge < -0.3 is 4.89 Å². The van der Waals surface area contributed by atoms with E-state index in [0.717, 1.165) is 0 Å². The molecule has 0 spiro atoms. The second-order valence-corrected chi connectivity index (χ2v) is 5.71. The number of thiol groups is 1. The Labute approximate surface area is 45.8 Å². The maximum Gasteiger partial charge on any atom is 0.258 e. The molecular weight excluding hydrogens is 141 g/mol. The second-order valence-electron chi connectivity index (χ2n) is 0.596. The number of hydrogen-bond donors (Lipinski definition) is 3. The van der Waals surface area contributed by atoms with E-state index in [1.807, 2.05) is 0 Å². The van der Waals surface area contributed by atoms with Crippen LogP contribution in [0.15, 0.2) is 0 Å². The van der Waals surface area contributed by atoms with Gasteiger partial charge in [-0.25, -0.2) is 10.5 Å². The molecule has 1 atom stereocenters. The molecule has 6 heavy (non-hydrogen) atoms. The van der Waals surface area contributed by atoms with Gasteiger partial charge in [-0.2, -0.15) is 0 Å². The fourth-order valence-electron chi connectivity index (χ4n) is 0. The van der Waals surface area contributed by atoms with Crippen LogP contribution in [0.1, 0.15) is 0 Å². The Morgan fingerprint density at radius 1 is 2.00 bits per heavy atom. The maximum absolute atomic E-state index is 8.27. The van der Waals surface area contributed by atoms with Crippen molar-refractivity contribution in [1.82, 2.24) is 0 Å². The Morgan fingerprint density at radius 3 is 2.17 bits per heavy atom. The molecule has 0 radical (unpaired) electrons. The molecule has 0 bridgehead atoms. The van der Waals surface area contributed by atoms with Crippen LogP contribution in [0.3, 0.4) is 0 Å². The molecule has 0 aromatic carbocycles. The van der Waals surface area contributed by atoms with Gasteiger partial charge in [-0.1, -0.05) is 12.2 Å². The predicted octanol–water partition coefficient (Wildman–Crippen LogP) is 0.0233. The summed E-state index contributed by atoms with van der Waals surface area (Å²) in [4.78, 5) is 8.27. The quantitative estimate of drug-likeness (QED) is 0.276. The highest BCUT2D eigenvalue weighted by molar-refractivity contribution is 8.59. The van der Waals surface area contributed by atoms with Crippen LogP contribution >= 0.6 is 17.9 Å². The van der Waals surface area contributed by atoms with E-state index in [-0.39, 0.29) is 0 Å². The Kier molecular flexibility index (Phi) is 2.59. The monoisotopic (exact) mass is 145 g/mol. The molecule has 0 aliphatic carbocycles. The molecular formula is H4NO2PS2. The zero-order valence-electron chi connectivity index (χ0n) is 2.74. The van der Waals surface area contributed by atoms with E-state index in [9.17, 15) is 0 Å². The lowest BCUT2D eigenvalue weighted by Crippen LogP contribution is -1.89. The molecule has 0 aromatic heterocycles. The van der Waals surface area contributed by atoms with Crippen LogP contribution in [0.2, 0.25) is 0 Å². The lowest BCUT2D eigenvalue weighted by atomic mass is 13.6. The van der Waals surface area contributed by atoms with E-state index in [0.29, 0.717) is 0 Å². The lowest BCUT2D eigenvalue weighted by molar-refractivity contribution is 0.336. The Balaban J connectivity index is 3.48. The number of nitrogens with two attached hydrogens (primary N) is 1. The largest absolute Gasteiger partial charge is 0.337 e. The van der Waals surface area contributed by atoms with Crippen LogP contribution < -0.4 is 5.90 Å². The van der Waals surface area contributed by atoms with Gasteiger partial charge >= 0.3 is 0 Å². The van der Waals surface area contributed by atoms with Crippen molar-refractivity contribution in [3.8, 4) is 0 Å². The molecule has 3 N–H and O–H groups in total. The third-order valence-corrected chi connectivity index (χ3v) is 0.953. The van der Waals surface area contributed by atoms with Crippen LogP contribution in [0, 0.1) is 0 Å². The first-order valence-corrected chi connectivity index (χ1v) is 4.83. The highest BCUT2D eigenvalue weighted by atomic mass is 32.9. The fraction of sp³-hybridized carbons (Fsp3) is 0. The van der Waals surface area contributed by atoms with Crippen molar-refractivity contribution in [3.05, 3.63) is 0 Å². The van der Waals surface area contributed by atoms with Crippen molar-refractivity contribution in [1.29, 1.82) is 0 Å². The van der Waals surface area contributed by atoms with Crippen LogP contribution in [-0.2, 0) is 16.4 Å². The van der Waals surface area contributed by atoms with Gasteiger partial charge in [-0.15, -0.1) is 0 Å². The summed E-state index contributed by atoms with van der Waals surface area (Å²) in [6, 6.07) is 0. The Morgan fingerprint density at radius 2 is 2.17 bits per heavy atom. The molecule has 1 unspecified atom stereocenters. The summed E-state index contributed by atoms with van der Waals surface area (Å²) in [5.41, 5.74) is -2.84. The molecule has 0 fully saturated rings. The van der Waals surface area contributed by atoms with Crippen molar-refractivity contribution in [3.63, 3.8) is 0 Å². The summed E-state index contributed by atoms with van der Waals surface area (Å²) in [5.74, 6) is 4.42. The maximum atomic E-state index is 8.27. The third kappa shape index (κ3) is 4.88. The summed E-state index contributed by atoms with van der Waals surface area (Å²) < 4.78 is 3.78. The zero-order chi connectivity index (χ0) is 5.21. The fourth-order valence-corrected chi connectivity index (χ4v) is 0. The van der Waals surface area contributed by atoms with Crippen molar-refractivity contribution < 1.29 is 9.52 Å². The normalized spacial score (nSPS) is 19.8. The molecule has 0 saturated carbocycles. The number of rotatable bonds is 1. The average molecular weight is 145 g/mol. The third-order valence-electron chi connectivity index (χ3n) is 0.137. The molecule has 0 heterocycles. The summed E-state index contributed by atoms with van der Waals surface area (Å²) in [6.07, 6.45) is 0. The number of hydrogen-bond acceptors (Lipinski definition) is 3. The minimum Gasteiger partial charge on any atom is -0.337 e. The molecule has 6 heteroatoms. The summed E-state index contributed by atoms with van der Waals surface area (Å²) in [5, 5.41) is 0. The standard InChI is InChI=1S/H4NO2PS2/c1-3-4(2,5)6/h1H2,(H2,2,5,6). The van der Waals surface area contributed by atoms with Gasteiger partial charge in [0.1, 0.15) is 0 Å². The van der Waals surface area contributed by atoms with Crippen LogP contribution in [-0.4, -0.2) is 4.89 Å². The molecule has 0 saturated heterocycles. The molecule has 0 rings (SSSR count). The van der Waals surface area contributed by atoms with E-state index in [1.165, 1.54) is 0 Å². The highest BCUT2D eigenvalue weighted by Gasteiger charge is 1.99. The van der Waals surface area contributed by atoms with Gasteiger partial charge in [0.15, 0.2) is 0 Å². The minimum absolute atomic E-state index is 2.84. The van der Waals surface area contributed by atoms with Gasteiger partial charge in [0.25, 0.3) is 5.69 Å². The molecule has 0 aromatic rings. The SMILES string of the molecule is NOP(O)(=S)S. The molecule has 0 aliphatic heterocycles. The predicted molar refractivity (Wildman–Crippen MR) is 30.8 cm³/mol. The van der Waals surface area contributed by atoms with Crippen molar-refractivity contribution in [2.24, 2.45) is 5.90 Å². The van der Waals surface area contributed by atoms with Gasteiger partial charge in [-0.3, -0.25) is 0 Å².